The third-order valence-electron chi connectivity index (χ3n) is 3.80. The predicted molar refractivity (Wildman–Crippen MR) is 74.5 cm³/mol. The number of nitrogens with zero attached hydrogens (tertiary/aromatic N) is 2. The number of aromatic nitrogens is 1. The molecule has 2 aliphatic rings. The summed E-state index contributed by atoms with van der Waals surface area (Å²) in [4.78, 5) is 30.2. The molecule has 5 heteroatoms. The first kappa shape index (κ1) is 13.1. The highest BCUT2D eigenvalue weighted by molar-refractivity contribution is 5.99. The fourth-order valence-electron chi connectivity index (χ4n) is 2.46. The van der Waals surface area contributed by atoms with Crippen molar-refractivity contribution in [2.24, 2.45) is 0 Å². The van der Waals surface area contributed by atoms with E-state index in [2.05, 4.69) is 10.3 Å². The highest BCUT2D eigenvalue weighted by Crippen LogP contribution is 2.19. The summed E-state index contributed by atoms with van der Waals surface area (Å²) >= 11 is 0. The van der Waals surface area contributed by atoms with Crippen LogP contribution in [0.5, 0.6) is 0 Å². The molecule has 2 heterocycles. The fraction of sp³-hybridized carbons (Fsp3) is 0.533. The zero-order valence-electron chi connectivity index (χ0n) is 11.5. The van der Waals surface area contributed by atoms with Gasteiger partial charge in [0.2, 0.25) is 0 Å². The molecule has 0 atom stereocenters. The molecule has 0 aromatic carbocycles. The van der Waals surface area contributed by atoms with Crippen LogP contribution in [-0.2, 0) is 0 Å². The number of rotatable bonds is 3. The van der Waals surface area contributed by atoms with Gasteiger partial charge in [-0.05, 0) is 38.2 Å². The summed E-state index contributed by atoms with van der Waals surface area (Å²) in [7, 11) is 0. The van der Waals surface area contributed by atoms with Gasteiger partial charge in [0, 0.05) is 31.5 Å². The average molecular weight is 273 g/mol. The van der Waals surface area contributed by atoms with Crippen molar-refractivity contribution in [1.29, 1.82) is 0 Å². The van der Waals surface area contributed by atoms with E-state index in [1.165, 1.54) is 12.6 Å². The number of carbonyl (C=O) groups excluding carboxylic acids is 2. The van der Waals surface area contributed by atoms with Crippen LogP contribution in [0, 0.1) is 0 Å². The second-order valence-electron chi connectivity index (χ2n) is 5.56. The van der Waals surface area contributed by atoms with Gasteiger partial charge in [-0.1, -0.05) is 0 Å². The van der Waals surface area contributed by atoms with Crippen molar-refractivity contribution < 1.29 is 9.59 Å². The lowest BCUT2D eigenvalue weighted by atomic mass is 10.1. The van der Waals surface area contributed by atoms with E-state index in [4.69, 9.17) is 0 Å². The lowest BCUT2D eigenvalue weighted by Gasteiger charge is -2.26. The Bertz CT molecular complexity index is 520. The third-order valence-corrected chi connectivity index (χ3v) is 3.80. The minimum Gasteiger partial charge on any atom is -0.349 e. The van der Waals surface area contributed by atoms with Crippen LogP contribution in [0.25, 0.3) is 0 Å². The van der Waals surface area contributed by atoms with Crippen LogP contribution >= 0.6 is 0 Å². The topological polar surface area (TPSA) is 62.3 Å². The molecule has 2 amide bonds. The number of nitrogens with one attached hydrogen (secondary N) is 1. The Hall–Kier alpha value is -1.91. The monoisotopic (exact) mass is 273 g/mol. The van der Waals surface area contributed by atoms with Crippen LogP contribution in [0.3, 0.4) is 0 Å². The SMILES string of the molecule is O=C(NC1CC1)c1cncc(C(=O)N2CCCCC2)c1. The molecule has 1 aliphatic heterocycles. The summed E-state index contributed by atoms with van der Waals surface area (Å²) in [5, 5.41) is 2.91. The Morgan fingerprint density at radius 3 is 2.50 bits per heavy atom. The van der Waals surface area contributed by atoms with E-state index < -0.39 is 0 Å². The molecule has 0 radical (unpaired) electrons. The second kappa shape index (κ2) is 5.61. The number of carbonyl (C=O) groups is 2. The maximum atomic E-state index is 12.4. The van der Waals surface area contributed by atoms with Crippen LogP contribution < -0.4 is 5.32 Å². The molecule has 1 saturated carbocycles. The normalized spacial score (nSPS) is 18.7. The minimum absolute atomic E-state index is 0.0155. The molecule has 1 aliphatic carbocycles. The molecule has 20 heavy (non-hydrogen) atoms. The number of amides is 2. The number of hydrogen-bond acceptors (Lipinski definition) is 3. The number of pyridine rings is 1. The van der Waals surface area contributed by atoms with Crippen molar-refractivity contribution in [1.82, 2.24) is 15.2 Å². The zero-order chi connectivity index (χ0) is 13.9. The van der Waals surface area contributed by atoms with Gasteiger partial charge in [-0.2, -0.15) is 0 Å². The van der Waals surface area contributed by atoms with Gasteiger partial charge in [-0.25, -0.2) is 0 Å². The molecule has 1 saturated heterocycles. The number of piperidine rings is 1. The maximum Gasteiger partial charge on any atom is 0.255 e. The standard InChI is InChI=1S/C15H19N3O2/c19-14(17-13-4-5-13)11-8-12(10-16-9-11)15(20)18-6-2-1-3-7-18/h8-10,13H,1-7H2,(H,17,19). The Morgan fingerprint density at radius 1 is 1.10 bits per heavy atom. The maximum absolute atomic E-state index is 12.4. The van der Waals surface area contributed by atoms with Crippen LogP contribution in [0.15, 0.2) is 18.5 Å². The summed E-state index contributed by atoms with van der Waals surface area (Å²) in [6.07, 6.45) is 8.46. The first-order valence-corrected chi connectivity index (χ1v) is 7.29. The van der Waals surface area contributed by atoms with E-state index in [1.807, 2.05) is 4.90 Å². The van der Waals surface area contributed by atoms with E-state index >= 15 is 0 Å². The minimum atomic E-state index is -0.131. The van der Waals surface area contributed by atoms with E-state index in [1.54, 1.807) is 12.3 Å². The van der Waals surface area contributed by atoms with E-state index in [9.17, 15) is 9.59 Å². The van der Waals surface area contributed by atoms with E-state index in [0.29, 0.717) is 17.2 Å². The number of likely N-dealkylation sites (tertiary alicyclic amines) is 1. The lowest BCUT2D eigenvalue weighted by molar-refractivity contribution is 0.0724. The van der Waals surface area contributed by atoms with Crippen LogP contribution in [0.1, 0.15) is 52.8 Å². The Balaban J connectivity index is 1.72. The molecule has 0 spiro atoms. The Labute approximate surface area is 118 Å². The Morgan fingerprint density at radius 2 is 1.80 bits per heavy atom. The van der Waals surface area contributed by atoms with Crippen LogP contribution in [0.4, 0.5) is 0 Å². The van der Waals surface area contributed by atoms with Gasteiger partial charge in [0.25, 0.3) is 11.8 Å². The molecule has 2 fully saturated rings. The Kier molecular flexibility index (Phi) is 3.67. The number of hydrogen-bond donors (Lipinski definition) is 1. The van der Waals surface area contributed by atoms with Gasteiger partial charge in [0.05, 0.1) is 11.1 Å². The highest BCUT2D eigenvalue weighted by atomic mass is 16.2. The van der Waals surface area contributed by atoms with Crippen LogP contribution in [-0.4, -0.2) is 40.8 Å². The summed E-state index contributed by atoms with van der Waals surface area (Å²) < 4.78 is 0. The average Bonchev–Trinajstić information content (AvgIpc) is 3.31. The fourth-order valence-corrected chi connectivity index (χ4v) is 2.46. The summed E-state index contributed by atoms with van der Waals surface area (Å²) in [5.41, 5.74) is 0.982. The van der Waals surface area contributed by atoms with Crippen molar-refractivity contribution in [2.45, 2.75) is 38.1 Å². The molecule has 0 unspecified atom stereocenters. The molecule has 3 rings (SSSR count). The third kappa shape index (κ3) is 2.98. The second-order valence-corrected chi connectivity index (χ2v) is 5.56. The van der Waals surface area contributed by atoms with Gasteiger partial charge in [-0.15, -0.1) is 0 Å². The van der Waals surface area contributed by atoms with Gasteiger partial charge in [0.15, 0.2) is 0 Å². The molecular weight excluding hydrogens is 254 g/mol. The smallest absolute Gasteiger partial charge is 0.255 e. The molecule has 106 valence electrons. The van der Waals surface area contributed by atoms with Gasteiger partial charge < -0.3 is 10.2 Å². The summed E-state index contributed by atoms with van der Waals surface area (Å²) in [5.74, 6) is -0.147. The van der Waals surface area contributed by atoms with Crippen molar-refractivity contribution in [3.63, 3.8) is 0 Å². The quantitative estimate of drug-likeness (QED) is 0.910. The van der Waals surface area contributed by atoms with Crippen molar-refractivity contribution in [3.8, 4) is 0 Å². The predicted octanol–water partition coefficient (Wildman–Crippen LogP) is 1.60. The molecule has 1 aromatic rings. The first-order chi connectivity index (χ1) is 9.74. The van der Waals surface area contributed by atoms with Gasteiger partial charge in [0.1, 0.15) is 0 Å². The van der Waals surface area contributed by atoms with E-state index in [-0.39, 0.29) is 11.8 Å². The molecular formula is C15H19N3O2. The highest BCUT2D eigenvalue weighted by Gasteiger charge is 2.25. The van der Waals surface area contributed by atoms with Crippen molar-refractivity contribution >= 4 is 11.8 Å². The van der Waals surface area contributed by atoms with Crippen molar-refractivity contribution in [2.75, 3.05) is 13.1 Å². The molecule has 1 N–H and O–H groups in total. The van der Waals surface area contributed by atoms with Gasteiger partial charge >= 0.3 is 0 Å². The largest absolute Gasteiger partial charge is 0.349 e. The lowest BCUT2D eigenvalue weighted by Crippen LogP contribution is -2.35. The summed E-state index contributed by atoms with van der Waals surface area (Å²) in [6.45, 7) is 1.61. The first-order valence-electron chi connectivity index (χ1n) is 7.29. The van der Waals surface area contributed by atoms with Crippen molar-refractivity contribution in [3.05, 3.63) is 29.6 Å². The zero-order valence-corrected chi connectivity index (χ0v) is 11.5. The van der Waals surface area contributed by atoms with Crippen LogP contribution in [0.2, 0.25) is 0 Å². The molecule has 5 nitrogen and oxygen atoms in total. The van der Waals surface area contributed by atoms with E-state index in [0.717, 1.165) is 38.8 Å². The molecule has 1 aromatic heterocycles. The van der Waals surface area contributed by atoms with Gasteiger partial charge in [-0.3, -0.25) is 14.6 Å². The summed E-state index contributed by atoms with van der Waals surface area (Å²) in [6, 6.07) is 1.96. The molecule has 0 bridgehead atoms.